The summed E-state index contributed by atoms with van der Waals surface area (Å²) in [7, 11) is 0. The molecule has 0 fully saturated rings. The zero-order valence-electron chi connectivity index (χ0n) is 7.88. The van der Waals surface area contributed by atoms with Crippen molar-refractivity contribution in [2.24, 2.45) is 0 Å². The highest BCUT2D eigenvalue weighted by atomic mass is 79.9. The quantitative estimate of drug-likeness (QED) is 0.841. The van der Waals surface area contributed by atoms with Crippen molar-refractivity contribution in [1.82, 2.24) is 10.3 Å². The molecule has 0 atom stereocenters. The molecule has 1 aromatic heterocycles. The number of halogens is 1. The monoisotopic (exact) mass is 254 g/mol. The van der Waals surface area contributed by atoms with Crippen LogP contribution in [-0.2, 0) is 0 Å². The van der Waals surface area contributed by atoms with Gasteiger partial charge in [0.15, 0.2) is 0 Å². The Morgan fingerprint density at radius 2 is 2.43 bits per heavy atom. The second-order valence-corrected chi connectivity index (χ2v) is 3.83. The van der Waals surface area contributed by atoms with Gasteiger partial charge in [0.25, 0.3) is 5.91 Å². The van der Waals surface area contributed by atoms with Crippen LogP contribution in [-0.4, -0.2) is 17.4 Å². The molecule has 74 valence electrons. The van der Waals surface area contributed by atoms with Gasteiger partial charge in [-0.2, -0.15) is 0 Å². The zero-order valence-corrected chi connectivity index (χ0v) is 9.47. The number of aromatic nitrogens is 1. The smallest absolute Gasteiger partial charge is 0.271 e. The molecule has 0 unspecified atom stereocenters. The van der Waals surface area contributed by atoms with Crippen LogP contribution in [0.4, 0.5) is 0 Å². The Hall–Kier alpha value is -1.16. The summed E-state index contributed by atoms with van der Waals surface area (Å²) < 4.78 is 0.694. The summed E-state index contributed by atoms with van der Waals surface area (Å²) in [6.07, 6.45) is 1.58. The highest BCUT2D eigenvalue weighted by Crippen LogP contribution is 2.12. The fourth-order valence-electron chi connectivity index (χ4n) is 0.868. The molecule has 1 heterocycles. The van der Waals surface area contributed by atoms with Crippen molar-refractivity contribution in [2.45, 2.75) is 6.92 Å². The minimum absolute atomic E-state index is 0.194. The van der Waals surface area contributed by atoms with Crippen LogP contribution in [0.2, 0.25) is 0 Å². The predicted octanol–water partition coefficient (Wildman–Crippen LogP) is 2.15. The van der Waals surface area contributed by atoms with E-state index in [9.17, 15) is 4.79 Å². The van der Waals surface area contributed by atoms with Gasteiger partial charge in [0.05, 0.1) is 0 Å². The molecule has 14 heavy (non-hydrogen) atoms. The molecule has 1 rings (SSSR count). The van der Waals surface area contributed by atoms with E-state index in [-0.39, 0.29) is 5.91 Å². The number of amides is 1. The standard InChI is InChI=1S/C10H11BrN2O/c1-7(2)6-13-10(14)9-8(11)4-3-5-12-9/h3-5H,1,6H2,2H3,(H,13,14). The van der Waals surface area contributed by atoms with E-state index in [1.54, 1.807) is 18.3 Å². The average molecular weight is 255 g/mol. The predicted molar refractivity (Wildman–Crippen MR) is 59.1 cm³/mol. The van der Waals surface area contributed by atoms with Crippen molar-refractivity contribution in [3.8, 4) is 0 Å². The molecule has 1 N–H and O–H groups in total. The number of carbonyl (C=O) groups excluding carboxylic acids is 1. The highest BCUT2D eigenvalue weighted by Gasteiger charge is 2.09. The van der Waals surface area contributed by atoms with E-state index in [0.717, 1.165) is 5.57 Å². The van der Waals surface area contributed by atoms with Crippen LogP contribution in [0.5, 0.6) is 0 Å². The Morgan fingerprint density at radius 3 is 3.00 bits per heavy atom. The molecule has 1 aromatic rings. The minimum Gasteiger partial charge on any atom is -0.347 e. The summed E-state index contributed by atoms with van der Waals surface area (Å²) in [6.45, 7) is 6.03. The van der Waals surface area contributed by atoms with Gasteiger partial charge >= 0.3 is 0 Å². The van der Waals surface area contributed by atoms with Crippen LogP contribution in [0.25, 0.3) is 0 Å². The van der Waals surface area contributed by atoms with E-state index in [4.69, 9.17) is 0 Å². The first-order valence-corrected chi connectivity index (χ1v) is 4.93. The molecule has 0 saturated carbocycles. The molecule has 1 amide bonds. The van der Waals surface area contributed by atoms with Gasteiger partial charge in [-0.1, -0.05) is 12.2 Å². The summed E-state index contributed by atoms with van der Waals surface area (Å²) in [4.78, 5) is 15.5. The number of carbonyl (C=O) groups is 1. The van der Waals surface area contributed by atoms with E-state index in [2.05, 4.69) is 32.8 Å². The molecule has 0 aliphatic carbocycles. The van der Waals surface area contributed by atoms with Crippen molar-refractivity contribution in [1.29, 1.82) is 0 Å². The lowest BCUT2D eigenvalue weighted by Crippen LogP contribution is -2.26. The minimum atomic E-state index is -0.194. The molecule has 0 aliphatic rings. The van der Waals surface area contributed by atoms with E-state index in [1.165, 1.54) is 0 Å². The normalized spacial score (nSPS) is 9.57. The second-order valence-electron chi connectivity index (χ2n) is 2.97. The first-order chi connectivity index (χ1) is 6.61. The summed E-state index contributed by atoms with van der Waals surface area (Å²) in [6, 6.07) is 3.54. The van der Waals surface area contributed by atoms with E-state index >= 15 is 0 Å². The lowest BCUT2D eigenvalue weighted by Gasteiger charge is -2.04. The second kappa shape index (κ2) is 4.91. The SMILES string of the molecule is C=C(C)CNC(=O)c1ncccc1Br. The van der Waals surface area contributed by atoms with Crippen molar-refractivity contribution in [2.75, 3.05) is 6.54 Å². The van der Waals surface area contributed by atoms with Gasteiger partial charge in [0.2, 0.25) is 0 Å². The van der Waals surface area contributed by atoms with Gasteiger partial charge in [-0.15, -0.1) is 0 Å². The van der Waals surface area contributed by atoms with Gasteiger partial charge < -0.3 is 5.32 Å². The van der Waals surface area contributed by atoms with Crippen LogP contribution < -0.4 is 5.32 Å². The number of pyridine rings is 1. The molecule has 0 aliphatic heterocycles. The lowest BCUT2D eigenvalue weighted by atomic mass is 10.3. The van der Waals surface area contributed by atoms with E-state index in [1.807, 2.05) is 6.92 Å². The average Bonchev–Trinajstić information content (AvgIpc) is 2.15. The Kier molecular flexibility index (Phi) is 3.83. The number of hydrogen-bond acceptors (Lipinski definition) is 2. The summed E-state index contributed by atoms with van der Waals surface area (Å²) in [5.41, 5.74) is 1.30. The third-order valence-electron chi connectivity index (χ3n) is 1.52. The van der Waals surface area contributed by atoms with Crippen molar-refractivity contribution in [3.05, 3.63) is 40.6 Å². The zero-order chi connectivity index (χ0) is 10.6. The Morgan fingerprint density at radius 1 is 1.71 bits per heavy atom. The largest absolute Gasteiger partial charge is 0.347 e. The third-order valence-corrected chi connectivity index (χ3v) is 2.16. The Bertz CT molecular complexity index is 363. The molecule has 3 nitrogen and oxygen atoms in total. The number of hydrogen-bond donors (Lipinski definition) is 1. The molecule has 0 spiro atoms. The van der Waals surface area contributed by atoms with Gasteiger partial charge in [0.1, 0.15) is 5.69 Å². The maximum atomic E-state index is 11.5. The Labute approximate surface area is 91.4 Å². The van der Waals surface area contributed by atoms with Crippen LogP contribution in [0, 0.1) is 0 Å². The third kappa shape index (κ3) is 2.96. The maximum Gasteiger partial charge on any atom is 0.271 e. The van der Waals surface area contributed by atoms with Crippen molar-refractivity contribution < 1.29 is 4.79 Å². The molecular weight excluding hydrogens is 244 g/mol. The Balaban J connectivity index is 2.70. The van der Waals surface area contributed by atoms with Gasteiger partial charge in [-0.25, -0.2) is 4.98 Å². The summed E-state index contributed by atoms with van der Waals surface area (Å²) >= 11 is 3.26. The lowest BCUT2D eigenvalue weighted by molar-refractivity contribution is 0.0951. The van der Waals surface area contributed by atoms with E-state index < -0.39 is 0 Å². The topological polar surface area (TPSA) is 42.0 Å². The van der Waals surface area contributed by atoms with Crippen LogP contribution in [0.3, 0.4) is 0 Å². The van der Waals surface area contributed by atoms with Crippen molar-refractivity contribution in [3.63, 3.8) is 0 Å². The molecule has 4 heteroatoms. The summed E-state index contributed by atoms with van der Waals surface area (Å²) in [5, 5.41) is 2.71. The van der Waals surface area contributed by atoms with Gasteiger partial charge in [-0.05, 0) is 35.0 Å². The first kappa shape index (κ1) is 10.9. The fourth-order valence-corrected chi connectivity index (χ4v) is 1.30. The first-order valence-electron chi connectivity index (χ1n) is 4.14. The maximum absolute atomic E-state index is 11.5. The number of rotatable bonds is 3. The van der Waals surface area contributed by atoms with Gasteiger partial charge in [-0.3, -0.25) is 4.79 Å². The molecule has 0 radical (unpaired) electrons. The van der Waals surface area contributed by atoms with E-state index in [0.29, 0.717) is 16.7 Å². The highest BCUT2D eigenvalue weighted by molar-refractivity contribution is 9.10. The van der Waals surface area contributed by atoms with Crippen LogP contribution in [0.1, 0.15) is 17.4 Å². The summed E-state index contributed by atoms with van der Waals surface area (Å²) in [5.74, 6) is -0.194. The van der Waals surface area contributed by atoms with Gasteiger partial charge in [0, 0.05) is 17.2 Å². The molecule has 0 saturated heterocycles. The number of nitrogens with one attached hydrogen (secondary N) is 1. The van der Waals surface area contributed by atoms with Crippen LogP contribution >= 0.6 is 15.9 Å². The molecule has 0 aromatic carbocycles. The van der Waals surface area contributed by atoms with Crippen LogP contribution in [0.15, 0.2) is 35.0 Å². The fraction of sp³-hybridized carbons (Fsp3) is 0.200. The molecular formula is C10H11BrN2O. The molecule has 0 bridgehead atoms. The van der Waals surface area contributed by atoms with Crippen molar-refractivity contribution >= 4 is 21.8 Å². The number of nitrogens with zero attached hydrogens (tertiary/aromatic N) is 1.